The Kier molecular flexibility index (Phi) is 14.4. The van der Waals surface area contributed by atoms with Gasteiger partial charge in [0.1, 0.15) is 17.5 Å². The summed E-state index contributed by atoms with van der Waals surface area (Å²) in [5.74, 6) is 0.749. The topological polar surface area (TPSA) is 132 Å². The maximum absolute atomic E-state index is 14.7. The lowest BCUT2D eigenvalue weighted by atomic mass is 9.59. The maximum atomic E-state index is 14.7. The second-order valence-electron chi connectivity index (χ2n) is 19.1. The Hall–Kier alpha value is -4.11. The largest absolute Gasteiger partial charge is 0.459 e. The van der Waals surface area contributed by atoms with Gasteiger partial charge in [0.05, 0.1) is 18.7 Å². The lowest BCUT2D eigenvalue weighted by Gasteiger charge is -2.50. The third-order valence-electron chi connectivity index (χ3n) is 12.7. The number of aromatic nitrogens is 3. The van der Waals surface area contributed by atoms with Gasteiger partial charge in [0.15, 0.2) is 5.65 Å². The van der Waals surface area contributed by atoms with Gasteiger partial charge in [-0.25, -0.2) is 23.9 Å². The first kappa shape index (κ1) is 44.0. The first-order valence-corrected chi connectivity index (χ1v) is 21.3. The molecule has 2 amide bonds. The summed E-state index contributed by atoms with van der Waals surface area (Å²) in [6.07, 6.45) is 12.2. The molecular weight excluding hydrogens is 721 g/mol. The highest BCUT2D eigenvalue weighted by Gasteiger charge is 2.49. The van der Waals surface area contributed by atoms with E-state index >= 15 is 0 Å². The Balaban J connectivity index is 1.54. The zero-order valence-corrected chi connectivity index (χ0v) is 35.8. The number of ether oxygens (including phenoxy) is 3. The minimum absolute atomic E-state index is 0.0337. The number of carbonyl (C=O) groups excluding carboxylic acids is 3. The second-order valence-corrected chi connectivity index (χ2v) is 19.1. The zero-order valence-electron chi connectivity index (χ0n) is 35.8. The number of amides is 2. The summed E-state index contributed by atoms with van der Waals surface area (Å²) in [6, 6.07) is -0.228. The molecule has 12 nitrogen and oxygen atoms in total. The second kappa shape index (κ2) is 18.6. The summed E-state index contributed by atoms with van der Waals surface area (Å²) in [7, 11) is 0. The highest BCUT2D eigenvalue weighted by Crippen LogP contribution is 2.50. The molecule has 2 aromatic rings. The van der Waals surface area contributed by atoms with Crippen LogP contribution in [0.1, 0.15) is 148 Å². The highest BCUT2D eigenvalue weighted by molar-refractivity contribution is 6.05. The number of rotatable bonds is 13. The average Bonchev–Trinajstić information content (AvgIpc) is 3.71. The highest BCUT2D eigenvalue weighted by atomic mass is 16.6. The molecule has 2 N–H and O–H groups in total. The summed E-state index contributed by atoms with van der Waals surface area (Å²) in [5, 5.41) is 6.54. The van der Waals surface area contributed by atoms with Gasteiger partial charge in [-0.2, -0.15) is 0 Å². The smallest absolute Gasteiger partial charge is 0.416 e. The van der Waals surface area contributed by atoms with E-state index in [4.69, 9.17) is 25.8 Å². The molecule has 314 valence electrons. The number of H-pyrrole nitrogens is 1. The molecule has 3 aliphatic carbocycles. The first-order chi connectivity index (χ1) is 27.0. The number of hydrogen-bond donors (Lipinski definition) is 2. The molecule has 12 heteroatoms. The van der Waals surface area contributed by atoms with E-state index in [1.807, 2.05) is 6.92 Å². The molecule has 2 aromatic heterocycles. The minimum atomic E-state index is -0.727. The number of nitrogens with one attached hydrogen (secondary N) is 2. The van der Waals surface area contributed by atoms with Crippen LogP contribution in [0, 0.1) is 41.1 Å². The Bertz CT molecular complexity index is 1750. The van der Waals surface area contributed by atoms with Crippen LogP contribution < -0.4 is 10.1 Å². The van der Waals surface area contributed by atoms with Gasteiger partial charge in [0, 0.05) is 43.9 Å². The van der Waals surface area contributed by atoms with Crippen molar-refractivity contribution in [3.63, 3.8) is 0 Å². The summed E-state index contributed by atoms with van der Waals surface area (Å²) in [4.78, 5) is 51.3. The van der Waals surface area contributed by atoms with Crippen LogP contribution in [0.25, 0.3) is 10.5 Å². The minimum Gasteiger partial charge on any atom is -0.459 e. The van der Waals surface area contributed by atoms with Crippen molar-refractivity contribution in [3.05, 3.63) is 48.1 Å². The molecule has 0 radical (unpaired) electrons. The van der Waals surface area contributed by atoms with E-state index in [2.05, 4.69) is 76.9 Å². The van der Waals surface area contributed by atoms with Gasteiger partial charge in [-0.15, -0.1) is 13.2 Å². The molecule has 0 bridgehead atoms. The number of esters is 1. The van der Waals surface area contributed by atoms with Crippen LogP contribution in [-0.2, 0) is 14.3 Å². The van der Waals surface area contributed by atoms with E-state index in [1.54, 1.807) is 12.2 Å². The Morgan fingerprint density at radius 2 is 1.61 bits per heavy atom. The number of fused-ring (bicyclic) bond motifs is 1. The molecule has 3 saturated carbocycles. The van der Waals surface area contributed by atoms with Crippen molar-refractivity contribution < 1.29 is 28.6 Å². The monoisotopic (exact) mass is 789 g/mol. The summed E-state index contributed by atoms with van der Waals surface area (Å²) in [6.45, 7) is 34.2. The number of nitrogens with zero attached hydrogens (tertiary/aromatic N) is 4. The van der Waals surface area contributed by atoms with Crippen LogP contribution in [0.2, 0.25) is 0 Å². The Labute approximate surface area is 340 Å². The van der Waals surface area contributed by atoms with Crippen LogP contribution >= 0.6 is 0 Å². The lowest BCUT2D eigenvalue weighted by molar-refractivity contribution is -0.123. The predicted octanol–water partition coefficient (Wildman–Crippen LogP) is 9.79. The molecule has 2 heterocycles. The fraction of sp³-hybridized carbons (Fsp3) is 0.711. The third kappa shape index (κ3) is 10.3. The van der Waals surface area contributed by atoms with Crippen molar-refractivity contribution in [1.82, 2.24) is 24.8 Å². The standard InChI is InChI=1S/C45H68N6O6/c1-12-22-50(23-13-2)43(54)57-41-37(46-11)36(42(53)56-38-31(44(5,6)7)24-28(4)25-32(38)45(8,9)10)40-48-39(49-51(40)41)30-20-21-34(33(26-30)47-35(52)14-3)55-27-29-18-16-15-17-19-29/h12-13,28-34,38H,1-2,14-27H2,3-10H3,(H,47,52)(H,48,49). The van der Waals surface area contributed by atoms with Crippen molar-refractivity contribution in [3.8, 4) is 5.88 Å². The van der Waals surface area contributed by atoms with E-state index < -0.39 is 18.2 Å². The molecule has 0 saturated heterocycles. The van der Waals surface area contributed by atoms with Gasteiger partial charge < -0.3 is 24.4 Å². The first-order valence-electron chi connectivity index (χ1n) is 21.3. The average molecular weight is 789 g/mol. The van der Waals surface area contributed by atoms with E-state index in [0.29, 0.717) is 43.5 Å². The fourth-order valence-electron chi connectivity index (χ4n) is 9.46. The van der Waals surface area contributed by atoms with Crippen LogP contribution in [0.3, 0.4) is 0 Å². The third-order valence-corrected chi connectivity index (χ3v) is 12.7. The normalized spacial score (nSPS) is 26.0. The molecule has 5 rings (SSSR count). The van der Waals surface area contributed by atoms with Crippen molar-refractivity contribution in [2.24, 2.45) is 34.5 Å². The van der Waals surface area contributed by atoms with Crippen molar-refractivity contribution in [2.75, 3.05) is 19.7 Å². The SMILES string of the molecule is [C-]#[N+]c1c(C(=O)OC2C(C(C)(C)C)CC(C)CC2C(C)(C)C)c2nc(C3CCC(OCC4CCCCC4)C(NC(=O)CC)C3)[nH]n2c1OC(=O)N(CC=C)CC=C. The van der Waals surface area contributed by atoms with Gasteiger partial charge in [-0.1, -0.05) is 86.8 Å². The number of hydrogen-bond acceptors (Lipinski definition) is 7. The quantitative estimate of drug-likeness (QED) is 0.117. The van der Waals surface area contributed by atoms with Crippen molar-refractivity contribution in [2.45, 2.75) is 150 Å². The molecule has 0 aromatic carbocycles. The van der Waals surface area contributed by atoms with Crippen LogP contribution in [0.15, 0.2) is 25.3 Å². The number of carbonyl (C=O) groups is 3. The molecule has 0 spiro atoms. The van der Waals surface area contributed by atoms with Crippen molar-refractivity contribution in [1.29, 1.82) is 0 Å². The molecule has 0 aliphatic heterocycles. The van der Waals surface area contributed by atoms with E-state index in [-0.39, 0.29) is 82.5 Å². The molecular formula is C45H68N6O6. The predicted molar refractivity (Wildman–Crippen MR) is 222 cm³/mol. The van der Waals surface area contributed by atoms with Crippen molar-refractivity contribution >= 4 is 29.3 Å². The van der Waals surface area contributed by atoms with Gasteiger partial charge in [-0.05, 0) is 67.6 Å². The van der Waals surface area contributed by atoms with E-state index in [0.717, 1.165) is 19.3 Å². The van der Waals surface area contributed by atoms with E-state index in [1.165, 1.54) is 41.5 Å². The maximum Gasteiger partial charge on any atom is 0.416 e. The molecule has 5 unspecified atom stereocenters. The summed E-state index contributed by atoms with van der Waals surface area (Å²) >= 11 is 0. The molecule has 3 fully saturated rings. The van der Waals surface area contributed by atoms with Gasteiger partial charge in [-0.3, -0.25) is 9.89 Å². The molecule has 5 atom stereocenters. The van der Waals surface area contributed by atoms with Crippen LogP contribution in [0.5, 0.6) is 5.88 Å². The Morgan fingerprint density at radius 3 is 2.18 bits per heavy atom. The molecule has 57 heavy (non-hydrogen) atoms. The fourth-order valence-corrected chi connectivity index (χ4v) is 9.46. The lowest BCUT2D eigenvalue weighted by Crippen LogP contribution is -2.49. The molecule has 3 aliphatic rings. The van der Waals surface area contributed by atoms with Gasteiger partial charge in [0.2, 0.25) is 11.8 Å². The van der Waals surface area contributed by atoms with Crippen LogP contribution in [-0.4, -0.2) is 75.4 Å². The summed E-state index contributed by atoms with van der Waals surface area (Å²) < 4.78 is 20.6. The van der Waals surface area contributed by atoms with E-state index in [9.17, 15) is 14.4 Å². The zero-order chi connectivity index (χ0) is 41.7. The van der Waals surface area contributed by atoms with Gasteiger partial charge in [0.25, 0.3) is 5.69 Å². The Morgan fingerprint density at radius 1 is 0.982 bits per heavy atom. The number of aromatic amines is 1. The van der Waals surface area contributed by atoms with Gasteiger partial charge >= 0.3 is 12.1 Å². The summed E-state index contributed by atoms with van der Waals surface area (Å²) in [5.41, 5.74) is -0.313. The van der Waals surface area contributed by atoms with Crippen LogP contribution in [0.4, 0.5) is 10.5 Å².